The molecule has 3 heteroatoms. The Hall–Kier alpha value is -0.830. The summed E-state index contributed by atoms with van der Waals surface area (Å²) in [5.74, 6) is 0. The van der Waals surface area contributed by atoms with E-state index in [0.717, 1.165) is 25.9 Å². The molecular weight excluding hydrogens is 222 g/mol. The smallest absolute Gasteiger partial charge is 0.0948 e. The molecule has 0 amide bonds. The molecule has 0 spiro atoms. The highest BCUT2D eigenvalue weighted by Gasteiger charge is 2.24. The summed E-state index contributed by atoms with van der Waals surface area (Å²) >= 11 is 0. The minimum atomic E-state index is 0.152. The minimum absolute atomic E-state index is 0.152. The van der Waals surface area contributed by atoms with E-state index >= 15 is 0 Å². The highest BCUT2D eigenvalue weighted by atomic mass is 15.1. The highest BCUT2D eigenvalue weighted by Crippen LogP contribution is 2.26. The lowest BCUT2D eigenvalue weighted by atomic mass is 9.82. The third-order valence-corrected chi connectivity index (χ3v) is 2.98. The largest absolute Gasteiger partial charge is 0.333 e. The van der Waals surface area contributed by atoms with Gasteiger partial charge in [-0.3, -0.25) is 0 Å². The summed E-state index contributed by atoms with van der Waals surface area (Å²) < 4.78 is 2.24. The lowest BCUT2D eigenvalue weighted by molar-refractivity contribution is 0.239. The van der Waals surface area contributed by atoms with Crippen molar-refractivity contribution in [2.75, 3.05) is 0 Å². The molecule has 0 fully saturated rings. The van der Waals surface area contributed by atoms with E-state index in [9.17, 15) is 0 Å². The third-order valence-electron chi connectivity index (χ3n) is 2.98. The zero-order valence-corrected chi connectivity index (χ0v) is 12.9. The first kappa shape index (κ1) is 15.2. The van der Waals surface area contributed by atoms with Crippen LogP contribution in [0.1, 0.15) is 60.1 Å². The van der Waals surface area contributed by atoms with Crippen LogP contribution in [-0.2, 0) is 13.1 Å². The predicted molar refractivity (Wildman–Crippen MR) is 77.5 cm³/mol. The predicted octanol–water partition coefficient (Wildman–Crippen LogP) is 3.60. The number of rotatable bonds is 6. The molecule has 0 aliphatic rings. The van der Waals surface area contributed by atoms with Gasteiger partial charge < -0.3 is 9.88 Å². The molecule has 1 aromatic heterocycles. The standard InChI is InChI=1S/C15H29N3/c1-7-8-18-12-16-9-13(18)10-17-15(5,6)11-14(2,3)4/h9,12,17H,7-8,10-11H2,1-6H3. The first-order chi connectivity index (χ1) is 8.23. The van der Waals surface area contributed by atoms with Gasteiger partial charge in [-0.2, -0.15) is 0 Å². The molecule has 0 aromatic carbocycles. The Morgan fingerprint density at radius 1 is 1.22 bits per heavy atom. The Morgan fingerprint density at radius 3 is 2.44 bits per heavy atom. The number of hydrogen-bond acceptors (Lipinski definition) is 2. The van der Waals surface area contributed by atoms with Crippen molar-refractivity contribution in [1.82, 2.24) is 14.9 Å². The average Bonchev–Trinajstić information content (AvgIpc) is 2.59. The van der Waals surface area contributed by atoms with Crippen LogP contribution < -0.4 is 5.32 Å². The van der Waals surface area contributed by atoms with Crippen molar-refractivity contribution in [3.63, 3.8) is 0 Å². The van der Waals surface area contributed by atoms with Crippen molar-refractivity contribution in [3.8, 4) is 0 Å². The second-order valence-electron chi connectivity index (χ2n) is 7.05. The molecule has 1 rings (SSSR count). The topological polar surface area (TPSA) is 29.9 Å². The minimum Gasteiger partial charge on any atom is -0.333 e. The van der Waals surface area contributed by atoms with Crippen LogP contribution in [0.25, 0.3) is 0 Å². The number of imidazole rings is 1. The first-order valence-corrected chi connectivity index (χ1v) is 6.97. The molecule has 0 aliphatic carbocycles. The monoisotopic (exact) mass is 251 g/mol. The van der Waals surface area contributed by atoms with E-state index in [1.165, 1.54) is 5.69 Å². The number of hydrogen-bond donors (Lipinski definition) is 1. The summed E-state index contributed by atoms with van der Waals surface area (Å²) in [5.41, 5.74) is 1.78. The van der Waals surface area contributed by atoms with Crippen LogP contribution in [-0.4, -0.2) is 15.1 Å². The van der Waals surface area contributed by atoms with Crippen molar-refractivity contribution >= 4 is 0 Å². The normalized spacial score (nSPS) is 13.0. The second kappa shape index (κ2) is 5.87. The van der Waals surface area contributed by atoms with Crippen LogP contribution in [0.5, 0.6) is 0 Å². The molecule has 1 aromatic rings. The molecule has 0 atom stereocenters. The molecule has 1 heterocycles. The molecule has 0 saturated carbocycles. The maximum Gasteiger partial charge on any atom is 0.0948 e. The van der Waals surface area contributed by atoms with Crippen molar-refractivity contribution in [2.24, 2.45) is 5.41 Å². The molecular formula is C15H29N3. The Kier molecular flexibility index (Phi) is 4.97. The Bertz CT molecular complexity index is 358. The summed E-state index contributed by atoms with van der Waals surface area (Å²) in [7, 11) is 0. The number of nitrogens with one attached hydrogen (secondary N) is 1. The third kappa shape index (κ3) is 5.21. The molecule has 3 nitrogen and oxygen atoms in total. The number of aromatic nitrogens is 2. The van der Waals surface area contributed by atoms with Gasteiger partial charge >= 0.3 is 0 Å². The fourth-order valence-corrected chi connectivity index (χ4v) is 2.66. The van der Waals surface area contributed by atoms with E-state index in [1.807, 2.05) is 12.5 Å². The SMILES string of the molecule is CCCn1cncc1CNC(C)(C)CC(C)(C)C. The molecule has 18 heavy (non-hydrogen) atoms. The van der Waals surface area contributed by atoms with Crippen LogP contribution in [0.2, 0.25) is 0 Å². The molecule has 0 aliphatic heterocycles. The maximum atomic E-state index is 4.24. The van der Waals surface area contributed by atoms with E-state index < -0.39 is 0 Å². The molecule has 104 valence electrons. The van der Waals surface area contributed by atoms with Crippen LogP contribution in [0.4, 0.5) is 0 Å². The van der Waals surface area contributed by atoms with Gasteiger partial charge in [-0.05, 0) is 32.1 Å². The average molecular weight is 251 g/mol. The van der Waals surface area contributed by atoms with Gasteiger partial charge in [0.2, 0.25) is 0 Å². The van der Waals surface area contributed by atoms with Crippen LogP contribution >= 0.6 is 0 Å². The van der Waals surface area contributed by atoms with Gasteiger partial charge in [-0.1, -0.05) is 27.7 Å². The van der Waals surface area contributed by atoms with Crippen LogP contribution in [0.15, 0.2) is 12.5 Å². The number of nitrogens with zero attached hydrogens (tertiary/aromatic N) is 2. The zero-order chi connectivity index (χ0) is 13.8. The van der Waals surface area contributed by atoms with Gasteiger partial charge in [0.15, 0.2) is 0 Å². The fourth-order valence-electron chi connectivity index (χ4n) is 2.66. The van der Waals surface area contributed by atoms with Crippen molar-refractivity contribution in [2.45, 2.75) is 73.0 Å². The summed E-state index contributed by atoms with van der Waals surface area (Å²) in [6.07, 6.45) is 6.20. The lowest BCUT2D eigenvalue weighted by Gasteiger charge is -2.33. The van der Waals surface area contributed by atoms with Gasteiger partial charge in [0.1, 0.15) is 0 Å². The summed E-state index contributed by atoms with van der Waals surface area (Å²) in [6, 6.07) is 0. The van der Waals surface area contributed by atoms with Gasteiger partial charge in [-0.25, -0.2) is 4.98 Å². The maximum absolute atomic E-state index is 4.24. The Morgan fingerprint density at radius 2 is 1.89 bits per heavy atom. The Balaban J connectivity index is 2.56. The van der Waals surface area contributed by atoms with Crippen molar-refractivity contribution in [1.29, 1.82) is 0 Å². The molecule has 1 N–H and O–H groups in total. The highest BCUT2D eigenvalue weighted by molar-refractivity contribution is 4.99. The van der Waals surface area contributed by atoms with E-state index in [-0.39, 0.29) is 5.54 Å². The quantitative estimate of drug-likeness (QED) is 0.837. The van der Waals surface area contributed by atoms with Crippen molar-refractivity contribution < 1.29 is 0 Å². The molecule has 0 radical (unpaired) electrons. The second-order valence-corrected chi connectivity index (χ2v) is 7.05. The summed E-state index contributed by atoms with van der Waals surface area (Å²) in [4.78, 5) is 4.24. The van der Waals surface area contributed by atoms with E-state index in [0.29, 0.717) is 5.41 Å². The van der Waals surface area contributed by atoms with Crippen LogP contribution in [0, 0.1) is 5.41 Å². The van der Waals surface area contributed by atoms with Gasteiger partial charge in [0.05, 0.1) is 12.0 Å². The van der Waals surface area contributed by atoms with E-state index in [4.69, 9.17) is 0 Å². The van der Waals surface area contributed by atoms with E-state index in [2.05, 4.69) is 56.4 Å². The number of aryl methyl sites for hydroxylation is 1. The first-order valence-electron chi connectivity index (χ1n) is 6.97. The molecule has 0 unspecified atom stereocenters. The lowest BCUT2D eigenvalue weighted by Crippen LogP contribution is -2.42. The van der Waals surface area contributed by atoms with Gasteiger partial charge in [0.25, 0.3) is 0 Å². The Labute approximate surface area is 112 Å². The van der Waals surface area contributed by atoms with Crippen molar-refractivity contribution in [3.05, 3.63) is 18.2 Å². The van der Waals surface area contributed by atoms with E-state index in [1.54, 1.807) is 0 Å². The molecule has 0 saturated heterocycles. The zero-order valence-electron chi connectivity index (χ0n) is 12.9. The van der Waals surface area contributed by atoms with Crippen LogP contribution in [0.3, 0.4) is 0 Å². The fraction of sp³-hybridized carbons (Fsp3) is 0.800. The van der Waals surface area contributed by atoms with Gasteiger partial charge in [0, 0.05) is 24.8 Å². The van der Waals surface area contributed by atoms with Gasteiger partial charge in [-0.15, -0.1) is 0 Å². The summed E-state index contributed by atoms with van der Waals surface area (Å²) in [6.45, 7) is 15.6. The summed E-state index contributed by atoms with van der Waals surface area (Å²) in [5, 5.41) is 3.66. The molecule has 0 bridgehead atoms.